The Kier molecular flexibility index (Phi) is 6.39. The topological polar surface area (TPSA) is 50.3 Å². The van der Waals surface area contributed by atoms with Crippen molar-refractivity contribution in [3.8, 4) is 0 Å². The zero-order valence-corrected chi connectivity index (χ0v) is 13.5. The maximum Gasteiger partial charge on any atom is 0.225 e. The molecule has 21 heavy (non-hydrogen) atoms. The quantitative estimate of drug-likeness (QED) is 0.834. The highest BCUT2D eigenvalue weighted by molar-refractivity contribution is 5.30. The molecule has 5 nitrogen and oxygen atoms in total. The smallest absolute Gasteiger partial charge is 0.225 e. The maximum absolute atomic E-state index is 5.27. The lowest BCUT2D eigenvalue weighted by Gasteiger charge is -2.32. The van der Waals surface area contributed by atoms with Crippen LogP contribution in [0.5, 0.6) is 0 Å². The van der Waals surface area contributed by atoms with Crippen molar-refractivity contribution < 1.29 is 4.74 Å². The molecule has 0 saturated carbocycles. The normalized spacial score (nSPS) is 19.2. The van der Waals surface area contributed by atoms with Crippen LogP contribution in [0.25, 0.3) is 0 Å². The van der Waals surface area contributed by atoms with Gasteiger partial charge in [0.1, 0.15) is 0 Å². The summed E-state index contributed by atoms with van der Waals surface area (Å²) < 4.78 is 5.27. The third-order valence-electron chi connectivity index (χ3n) is 3.78. The second-order valence-corrected chi connectivity index (χ2v) is 6.33. The van der Waals surface area contributed by atoms with E-state index >= 15 is 0 Å². The number of rotatable bonds is 7. The lowest BCUT2D eigenvalue weighted by atomic mass is 9.99. The van der Waals surface area contributed by atoms with Crippen molar-refractivity contribution in [1.82, 2.24) is 15.3 Å². The van der Waals surface area contributed by atoms with Crippen LogP contribution in [0, 0.1) is 11.8 Å². The summed E-state index contributed by atoms with van der Waals surface area (Å²) in [4.78, 5) is 11.3. The first kappa shape index (κ1) is 16.2. The van der Waals surface area contributed by atoms with Crippen LogP contribution in [0.4, 0.5) is 5.95 Å². The summed E-state index contributed by atoms with van der Waals surface area (Å²) in [5.41, 5.74) is 1.14. The molecule has 0 aliphatic carbocycles. The molecule has 1 aromatic heterocycles. The van der Waals surface area contributed by atoms with Gasteiger partial charge < -0.3 is 15.0 Å². The molecule has 0 spiro atoms. The molecule has 0 radical (unpaired) electrons. The number of aromatic nitrogens is 2. The van der Waals surface area contributed by atoms with Gasteiger partial charge >= 0.3 is 0 Å². The SMILES string of the molecule is COCC1CCCN(c2ncc(CNCC(C)C)cn2)C1. The third-order valence-corrected chi connectivity index (χ3v) is 3.78. The van der Waals surface area contributed by atoms with Crippen LogP contribution >= 0.6 is 0 Å². The van der Waals surface area contributed by atoms with Gasteiger partial charge in [0, 0.05) is 44.7 Å². The molecule has 0 aromatic carbocycles. The first-order chi connectivity index (χ1) is 10.2. The Bertz CT molecular complexity index is 405. The number of ether oxygens (including phenoxy) is 1. The van der Waals surface area contributed by atoms with E-state index in [4.69, 9.17) is 4.74 Å². The standard InChI is InChI=1S/C16H28N4O/c1-13(2)7-17-8-15-9-18-16(19-10-15)20-6-4-5-14(11-20)12-21-3/h9-10,13-14,17H,4-8,11-12H2,1-3H3. The fraction of sp³-hybridized carbons (Fsp3) is 0.750. The first-order valence-electron chi connectivity index (χ1n) is 7.94. The molecule has 1 N–H and O–H groups in total. The average Bonchev–Trinajstić information content (AvgIpc) is 2.48. The van der Waals surface area contributed by atoms with Gasteiger partial charge in [-0.3, -0.25) is 0 Å². The monoisotopic (exact) mass is 292 g/mol. The number of nitrogens with one attached hydrogen (secondary N) is 1. The predicted octanol–water partition coefficient (Wildman–Crippen LogP) is 2.08. The summed E-state index contributed by atoms with van der Waals surface area (Å²) in [6.45, 7) is 9.15. The minimum Gasteiger partial charge on any atom is -0.384 e. The van der Waals surface area contributed by atoms with Crippen molar-refractivity contribution in [1.29, 1.82) is 0 Å². The summed E-state index contributed by atoms with van der Waals surface area (Å²) in [6, 6.07) is 0. The van der Waals surface area contributed by atoms with Crippen LogP contribution in [0.2, 0.25) is 0 Å². The lowest BCUT2D eigenvalue weighted by molar-refractivity contribution is 0.143. The molecule has 1 aliphatic heterocycles. The van der Waals surface area contributed by atoms with Crippen molar-refractivity contribution >= 4 is 5.95 Å². The molecular weight excluding hydrogens is 264 g/mol. The van der Waals surface area contributed by atoms with Gasteiger partial charge in [-0.2, -0.15) is 0 Å². The molecule has 1 unspecified atom stereocenters. The Morgan fingerprint density at radius 3 is 2.81 bits per heavy atom. The van der Waals surface area contributed by atoms with Gasteiger partial charge in [0.15, 0.2) is 0 Å². The second-order valence-electron chi connectivity index (χ2n) is 6.33. The van der Waals surface area contributed by atoms with E-state index < -0.39 is 0 Å². The van der Waals surface area contributed by atoms with E-state index in [-0.39, 0.29) is 0 Å². The van der Waals surface area contributed by atoms with Gasteiger partial charge in [-0.1, -0.05) is 13.8 Å². The van der Waals surface area contributed by atoms with Crippen molar-refractivity contribution in [2.24, 2.45) is 11.8 Å². The van der Waals surface area contributed by atoms with E-state index in [0.29, 0.717) is 11.8 Å². The van der Waals surface area contributed by atoms with Crippen LogP contribution in [0.3, 0.4) is 0 Å². The number of methoxy groups -OCH3 is 1. The van der Waals surface area contributed by atoms with E-state index in [0.717, 1.165) is 44.3 Å². The van der Waals surface area contributed by atoms with Crippen LogP contribution in [0.1, 0.15) is 32.3 Å². The maximum atomic E-state index is 5.27. The molecule has 2 rings (SSSR count). The summed E-state index contributed by atoms with van der Waals surface area (Å²) in [5.74, 6) is 2.11. The summed E-state index contributed by atoms with van der Waals surface area (Å²) in [7, 11) is 1.77. The van der Waals surface area contributed by atoms with Crippen molar-refractivity contribution in [2.45, 2.75) is 33.2 Å². The van der Waals surface area contributed by atoms with Crippen molar-refractivity contribution in [3.63, 3.8) is 0 Å². The van der Waals surface area contributed by atoms with Gasteiger partial charge in [-0.25, -0.2) is 9.97 Å². The molecule has 1 saturated heterocycles. The Labute approximate surface area is 128 Å². The van der Waals surface area contributed by atoms with Gasteiger partial charge in [0.25, 0.3) is 0 Å². The van der Waals surface area contributed by atoms with Gasteiger partial charge in [-0.15, -0.1) is 0 Å². The molecule has 1 aromatic rings. The highest BCUT2D eigenvalue weighted by Gasteiger charge is 2.21. The third kappa shape index (κ3) is 5.25. The zero-order chi connectivity index (χ0) is 15.1. The Morgan fingerprint density at radius 1 is 1.38 bits per heavy atom. The van der Waals surface area contributed by atoms with Gasteiger partial charge in [0.05, 0.1) is 6.61 Å². The Hall–Kier alpha value is -1.20. The molecule has 0 bridgehead atoms. The van der Waals surface area contributed by atoms with Crippen molar-refractivity contribution in [2.75, 3.05) is 38.3 Å². The molecule has 2 heterocycles. The molecule has 118 valence electrons. The van der Waals surface area contributed by atoms with Crippen LogP contribution < -0.4 is 10.2 Å². The van der Waals surface area contributed by atoms with Crippen LogP contribution in [0.15, 0.2) is 12.4 Å². The van der Waals surface area contributed by atoms with Crippen LogP contribution in [-0.4, -0.2) is 43.3 Å². The van der Waals surface area contributed by atoms with E-state index in [2.05, 4.69) is 34.0 Å². The number of nitrogens with zero attached hydrogens (tertiary/aromatic N) is 3. The summed E-state index contributed by atoms with van der Waals surface area (Å²) in [6.07, 6.45) is 6.31. The minimum atomic E-state index is 0.597. The summed E-state index contributed by atoms with van der Waals surface area (Å²) in [5, 5.41) is 3.41. The molecular formula is C16H28N4O. The van der Waals surface area contributed by atoms with Crippen LogP contribution in [-0.2, 0) is 11.3 Å². The Balaban J connectivity index is 1.86. The molecule has 0 amide bonds. The highest BCUT2D eigenvalue weighted by Crippen LogP contribution is 2.20. The highest BCUT2D eigenvalue weighted by atomic mass is 16.5. The first-order valence-corrected chi connectivity index (χ1v) is 7.94. The number of piperidine rings is 1. The minimum absolute atomic E-state index is 0.597. The van der Waals surface area contributed by atoms with Gasteiger partial charge in [0.2, 0.25) is 5.95 Å². The fourth-order valence-corrected chi connectivity index (χ4v) is 2.73. The number of anilines is 1. The molecule has 1 aliphatic rings. The average molecular weight is 292 g/mol. The van der Waals surface area contributed by atoms with Gasteiger partial charge in [-0.05, 0) is 31.2 Å². The fourth-order valence-electron chi connectivity index (χ4n) is 2.73. The lowest BCUT2D eigenvalue weighted by Crippen LogP contribution is -2.38. The van der Waals surface area contributed by atoms with E-state index in [1.165, 1.54) is 12.8 Å². The van der Waals surface area contributed by atoms with E-state index in [1.807, 2.05) is 12.4 Å². The summed E-state index contributed by atoms with van der Waals surface area (Å²) >= 11 is 0. The largest absolute Gasteiger partial charge is 0.384 e. The second kappa shape index (κ2) is 8.29. The zero-order valence-electron chi connectivity index (χ0n) is 13.5. The molecule has 1 atom stereocenters. The van der Waals surface area contributed by atoms with Crippen molar-refractivity contribution in [3.05, 3.63) is 18.0 Å². The molecule has 5 heteroatoms. The molecule has 1 fully saturated rings. The predicted molar refractivity (Wildman–Crippen MR) is 85.4 cm³/mol. The van der Waals surface area contributed by atoms with E-state index in [9.17, 15) is 0 Å². The Morgan fingerprint density at radius 2 is 2.14 bits per heavy atom. The number of hydrogen-bond acceptors (Lipinski definition) is 5. The van der Waals surface area contributed by atoms with E-state index in [1.54, 1.807) is 7.11 Å². The number of hydrogen-bond donors (Lipinski definition) is 1.